The van der Waals surface area contributed by atoms with Crippen molar-refractivity contribution in [3.05, 3.63) is 59.7 Å². The Balaban J connectivity index is 2.52. The molecule has 2 rings (SSSR count). The van der Waals surface area contributed by atoms with Gasteiger partial charge < -0.3 is 4.74 Å². The first-order chi connectivity index (χ1) is 11.3. The van der Waals surface area contributed by atoms with Crippen LogP contribution in [0.4, 0.5) is 5.69 Å². The van der Waals surface area contributed by atoms with Gasteiger partial charge in [-0.05, 0) is 56.2 Å². The summed E-state index contributed by atoms with van der Waals surface area (Å²) in [6, 6.07) is 13.5. The molecule has 0 atom stereocenters. The molecule has 6 heteroatoms. The van der Waals surface area contributed by atoms with Gasteiger partial charge >= 0.3 is 5.97 Å². The van der Waals surface area contributed by atoms with Crippen molar-refractivity contribution in [2.75, 3.05) is 17.5 Å². The number of benzene rings is 2. The second kappa shape index (κ2) is 7.49. The number of nitrogens with zero attached hydrogens (tertiary/aromatic N) is 1. The molecule has 0 amide bonds. The Kier molecular flexibility index (Phi) is 5.62. The van der Waals surface area contributed by atoms with Crippen LogP contribution in [0.15, 0.2) is 53.4 Å². The molecular formula is C18H21NO4S. The minimum atomic E-state index is -3.87. The summed E-state index contributed by atoms with van der Waals surface area (Å²) in [5.74, 6) is -0.587. The van der Waals surface area contributed by atoms with E-state index in [4.69, 9.17) is 4.74 Å². The maximum absolute atomic E-state index is 13.0. The van der Waals surface area contributed by atoms with Crippen LogP contribution < -0.4 is 4.31 Å². The molecule has 0 aliphatic heterocycles. The SMILES string of the molecule is CCOC(=O)CN(c1cc(C)cc(C)c1)S(=O)(=O)c1ccccc1. The third-order valence-electron chi connectivity index (χ3n) is 3.40. The molecule has 0 bridgehead atoms. The van der Waals surface area contributed by atoms with Crippen LogP contribution in [0.2, 0.25) is 0 Å². The summed E-state index contributed by atoms with van der Waals surface area (Å²) in [4.78, 5) is 12.1. The van der Waals surface area contributed by atoms with Crippen molar-refractivity contribution >= 4 is 21.7 Å². The van der Waals surface area contributed by atoms with E-state index in [-0.39, 0.29) is 18.0 Å². The van der Waals surface area contributed by atoms with E-state index in [1.165, 1.54) is 12.1 Å². The fraction of sp³-hybridized carbons (Fsp3) is 0.278. The molecule has 0 fully saturated rings. The summed E-state index contributed by atoms with van der Waals surface area (Å²) in [5, 5.41) is 0. The smallest absolute Gasteiger partial charge is 0.326 e. The third-order valence-corrected chi connectivity index (χ3v) is 5.19. The molecule has 0 unspecified atom stereocenters. The Morgan fingerprint density at radius 3 is 2.17 bits per heavy atom. The largest absolute Gasteiger partial charge is 0.465 e. The van der Waals surface area contributed by atoms with Gasteiger partial charge in [0.2, 0.25) is 0 Å². The molecule has 0 spiro atoms. The summed E-state index contributed by atoms with van der Waals surface area (Å²) in [6.45, 7) is 5.28. The van der Waals surface area contributed by atoms with E-state index >= 15 is 0 Å². The minimum absolute atomic E-state index is 0.133. The van der Waals surface area contributed by atoms with Gasteiger partial charge in [0.25, 0.3) is 10.0 Å². The maximum Gasteiger partial charge on any atom is 0.326 e. The highest BCUT2D eigenvalue weighted by molar-refractivity contribution is 7.92. The molecule has 128 valence electrons. The number of carbonyl (C=O) groups excluding carboxylic acids is 1. The van der Waals surface area contributed by atoms with Crippen molar-refractivity contribution in [2.45, 2.75) is 25.7 Å². The third kappa shape index (κ3) is 4.14. The van der Waals surface area contributed by atoms with Gasteiger partial charge in [-0.1, -0.05) is 24.3 Å². The van der Waals surface area contributed by atoms with Gasteiger partial charge in [-0.3, -0.25) is 9.10 Å². The predicted octanol–water partition coefficient (Wildman–Crippen LogP) is 3.06. The fourth-order valence-corrected chi connectivity index (χ4v) is 3.87. The molecule has 0 radical (unpaired) electrons. The molecule has 5 nitrogen and oxygen atoms in total. The molecule has 0 heterocycles. The normalized spacial score (nSPS) is 11.1. The lowest BCUT2D eigenvalue weighted by molar-refractivity contribution is -0.141. The van der Waals surface area contributed by atoms with Crippen LogP contribution in [-0.4, -0.2) is 27.5 Å². The fourth-order valence-electron chi connectivity index (χ4n) is 2.45. The highest BCUT2D eigenvalue weighted by Gasteiger charge is 2.27. The van der Waals surface area contributed by atoms with Crippen LogP contribution >= 0.6 is 0 Å². The Morgan fingerprint density at radius 2 is 1.62 bits per heavy atom. The number of ether oxygens (including phenoxy) is 1. The van der Waals surface area contributed by atoms with Gasteiger partial charge in [-0.25, -0.2) is 8.42 Å². The van der Waals surface area contributed by atoms with E-state index in [9.17, 15) is 13.2 Å². The quantitative estimate of drug-likeness (QED) is 0.754. The van der Waals surface area contributed by atoms with Crippen molar-refractivity contribution in [3.63, 3.8) is 0 Å². The Bertz CT molecular complexity index is 796. The highest BCUT2D eigenvalue weighted by atomic mass is 32.2. The number of aryl methyl sites for hydroxylation is 2. The average Bonchev–Trinajstić information content (AvgIpc) is 2.52. The number of esters is 1. The van der Waals surface area contributed by atoms with Crippen LogP contribution in [0.5, 0.6) is 0 Å². The van der Waals surface area contributed by atoms with Gasteiger partial charge in [-0.2, -0.15) is 0 Å². The minimum Gasteiger partial charge on any atom is -0.465 e. The Morgan fingerprint density at radius 1 is 1.04 bits per heavy atom. The van der Waals surface area contributed by atoms with E-state index in [0.29, 0.717) is 5.69 Å². The van der Waals surface area contributed by atoms with E-state index < -0.39 is 16.0 Å². The molecule has 2 aromatic carbocycles. The molecule has 0 saturated heterocycles. The van der Waals surface area contributed by atoms with Crippen LogP contribution in [0.25, 0.3) is 0 Å². The standard InChI is InChI=1S/C18H21NO4S/c1-4-23-18(20)13-19(16-11-14(2)10-15(3)12-16)24(21,22)17-8-6-5-7-9-17/h5-12H,4,13H2,1-3H3. The first kappa shape index (κ1) is 18.0. The van der Waals surface area contributed by atoms with E-state index in [1.807, 2.05) is 19.9 Å². The zero-order chi connectivity index (χ0) is 17.7. The number of rotatable bonds is 6. The van der Waals surface area contributed by atoms with Crippen LogP contribution in [0.1, 0.15) is 18.1 Å². The monoisotopic (exact) mass is 347 g/mol. The zero-order valence-electron chi connectivity index (χ0n) is 14.0. The van der Waals surface area contributed by atoms with Crippen molar-refractivity contribution in [1.82, 2.24) is 0 Å². The van der Waals surface area contributed by atoms with Crippen molar-refractivity contribution in [3.8, 4) is 0 Å². The first-order valence-electron chi connectivity index (χ1n) is 7.66. The van der Waals surface area contributed by atoms with Crippen molar-refractivity contribution in [1.29, 1.82) is 0 Å². The number of hydrogen-bond acceptors (Lipinski definition) is 4. The summed E-state index contributed by atoms with van der Waals surface area (Å²) in [7, 11) is -3.87. The molecule has 2 aromatic rings. The van der Waals surface area contributed by atoms with Crippen molar-refractivity contribution in [2.24, 2.45) is 0 Å². The summed E-state index contributed by atoms with van der Waals surface area (Å²) >= 11 is 0. The number of sulfonamides is 1. The molecular weight excluding hydrogens is 326 g/mol. The summed E-state index contributed by atoms with van der Waals surface area (Å²) < 4.78 is 32.1. The lowest BCUT2D eigenvalue weighted by Crippen LogP contribution is -2.36. The first-order valence-corrected chi connectivity index (χ1v) is 9.10. The van der Waals surface area contributed by atoms with Gasteiger partial charge in [0.15, 0.2) is 0 Å². The summed E-state index contributed by atoms with van der Waals surface area (Å²) in [5.41, 5.74) is 2.29. The van der Waals surface area contributed by atoms with Crippen LogP contribution in [0.3, 0.4) is 0 Å². The Labute approximate surface area is 142 Å². The van der Waals surface area contributed by atoms with E-state index in [1.54, 1.807) is 37.3 Å². The van der Waals surface area contributed by atoms with Gasteiger partial charge in [0, 0.05) is 0 Å². The lowest BCUT2D eigenvalue weighted by atomic mass is 10.1. The molecule has 0 aromatic heterocycles. The highest BCUT2D eigenvalue weighted by Crippen LogP contribution is 2.25. The molecule has 24 heavy (non-hydrogen) atoms. The number of hydrogen-bond donors (Lipinski definition) is 0. The van der Waals surface area contributed by atoms with Gasteiger partial charge in [0.05, 0.1) is 17.2 Å². The Hall–Kier alpha value is -2.34. The van der Waals surface area contributed by atoms with Gasteiger partial charge in [-0.15, -0.1) is 0 Å². The second-order valence-corrected chi connectivity index (χ2v) is 7.34. The van der Waals surface area contributed by atoms with Gasteiger partial charge in [0.1, 0.15) is 6.54 Å². The van der Waals surface area contributed by atoms with E-state index in [0.717, 1.165) is 15.4 Å². The average molecular weight is 347 g/mol. The topological polar surface area (TPSA) is 63.7 Å². The zero-order valence-corrected chi connectivity index (χ0v) is 14.8. The molecule has 0 aliphatic carbocycles. The maximum atomic E-state index is 13.0. The second-order valence-electron chi connectivity index (χ2n) is 5.48. The lowest BCUT2D eigenvalue weighted by Gasteiger charge is -2.24. The molecule has 0 saturated carbocycles. The van der Waals surface area contributed by atoms with Crippen LogP contribution in [-0.2, 0) is 19.6 Å². The van der Waals surface area contributed by atoms with Crippen LogP contribution in [0, 0.1) is 13.8 Å². The molecule has 0 aliphatic rings. The number of anilines is 1. The number of carbonyl (C=O) groups is 1. The van der Waals surface area contributed by atoms with E-state index in [2.05, 4.69) is 0 Å². The summed E-state index contributed by atoms with van der Waals surface area (Å²) in [6.07, 6.45) is 0. The van der Waals surface area contributed by atoms with Crippen molar-refractivity contribution < 1.29 is 17.9 Å². The predicted molar refractivity (Wildman–Crippen MR) is 93.5 cm³/mol. The molecule has 0 N–H and O–H groups in total.